The summed E-state index contributed by atoms with van der Waals surface area (Å²) >= 11 is 0. The van der Waals surface area contributed by atoms with Crippen molar-refractivity contribution in [2.24, 2.45) is 0 Å². The number of unbranched alkanes of at least 4 members (excludes halogenated alkanes) is 2. The van der Waals surface area contributed by atoms with Gasteiger partial charge in [0.15, 0.2) is 5.78 Å². The maximum atomic E-state index is 12.3. The van der Waals surface area contributed by atoms with Crippen molar-refractivity contribution in [3.8, 4) is 5.75 Å². The lowest BCUT2D eigenvalue weighted by atomic mass is 10.1. The predicted octanol–water partition coefficient (Wildman–Crippen LogP) is 3.99. The van der Waals surface area contributed by atoms with Gasteiger partial charge in [-0.1, -0.05) is 26.3 Å². The Morgan fingerprint density at radius 3 is 2.52 bits per heavy atom. The molecule has 0 fully saturated rings. The van der Waals surface area contributed by atoms with Crippen LogP contribution in [0.15, 0.2) is 36.4 Å². The average Bonchev–Trinajstić information content (AvgIpc) is 2.49. The number of nitrogens with one attached hydrogen (secondary N) is 1. The van der Waals surface area contributed by atoms with Crippen LogP contribution in [0.5, 0.6) is 5.75 Å². The largest absolute Gasteiger partial charge is 0.489 e. The van der Waals surface area contributed by atoms with Crippen LogP contribution < -0.4 is 10.1 Å². The lowest BCUT2D eigenvalue weighted by Crippen LogP contribution is -2.34. The Kier molecular flexibility index (Phi) is 7.76. The van der Waals surface area contributed by atoms with Crippen molar-refractivity contribution < 1.29 is 9.53 Å². The minimum Gasteiger partial charge on any atom is -0.489 e. The first-order chi connectivity index (χ1) is 10.0. The van der Waals surface area contributed by atoms with Crippen LogP contribution in [-0.2, 0) is 0 Å². The molecule has 0 radical (unpaired) electrons. The van der Waals surface area contributed by atoms with E-state index in [1.165, 1.54) is 12.8 Å². The van der Waals surface area contributed by atoms with E-state index in [4.69, 9.17) is 4.74 Å². The maximum absolute atomic E-state index is 12.3. The van der Waals surface area contributed by atoms with Crippen LogP contribution >= 0.6 is 0 Å². The van der Waals surface area contributed by atoms with Crippen molar-refractivity contribution in [3.05, 3.63) is 42.0 Å². The molecule has 1 rings (SSSR count). The highest BCUT2D eigenvalue weighted by Gasteiger charge is 2.14. The molecule has 1 atom stereocenters. The van der Waals surface area contributed by atoms with Gasteiger partial charge in [0, 0.05) is 5.56 Å². The second-order valence-electron chi connectivity index (χ2n) is 5.52. The van der Waals surface area contributed by atoms with E-state index in [2.05, 4.69) is 18.8 Å². The van der Waals surface area contributed by atoms with Gasteiger partial charge in [-0.3, -0.25) is 4.79 Å². The maximum Gasteiger partial charge on any atom is 0.179 e. The summed E-state index contributed by atoms with van der Waals surface area (Å²) in [6.45, 7) is 11.2. The number of carbonyl (C=O) groups is 1. The Morgan fingerprint density at radius 2 is 1.95 bits per heavy atom. The van der Waals surface area contributed by atoms with Crippen molar-refractivity contribution >= 4 is 5.78 Å². The molecular weight excluding hydrogens is 262 g/mol. The molecular formula is C18H27NO2. The highest BCUT2D eigenvalue weighted by atomic mass is 16.5. The number of benzene rings is 1. The van der Waals surface area contributed by atoms with Gasteiger partial charge in [0.25, 0.3) is 0 Å². The average molecular weight is 289 g/mol. The lowest BCUT2D eigenvalue weighted by molar-refractivity contribution is 0.0951. The predicted molar refractivity (Wildman–Crippen MR) is 88.1 cm³/mol. The number of ketones is 1. The monoisotopic (exact) mass is 289 g/mol. The smallest absolute Gasteiger partial charge is 0.179 e. The number of Topliss-reactive ketones (excluding diaryl/α,β-unsaturated/α-hetero) is 1. The quantitative estimate of drug-likeness (QED) is 0.402. The Labute approximate surface area is 128 Å². The fourth-order valence-corrected chi connectivity index (χ4v) is 1.96. The molecule has 0 saturated carbocycles. The molecule has 116 valence electrons. The van der Waals surface area contributed by atoms with Gasteiger partial charge in [-0.2, -0.15) is 0 Å². The van der Waals surface area contributed by atoms with E-state index in [1.54, 1.807) is 0 Å². The molecule has 0 aliphatic rings. The van der Waals surface area contributed by atoms with E-state index >= 15 is 0 Å². The molecule has 1 aromatic rings. The first kappa shape index (κ1) is 17.4. The summed E-state index contributed by atoms with van der Waals surface area (Å²) < 4.78 is 5.53. The van der Waals surface area contributed by atoms with Crippen LogP contribution in [0.2, 0.25) is 0 Å². The number of hydrogen-bond acceptors (Lipinski definition) is 3. The van der Waals surface area contributed by atoms with Gasteiger partial charge in [-0.05, 0) is 56.7 Å². The van der Waals surface area contributed by atoms with E-state index in [-0.39, 0.29) is 11.8 Å². The summed E-state index contributed by atoms with van der Waals surface area (Å²) in [7, 11) is 0. The summed E-state index contributed by atoms with van der Waals surface area (Å²) in [4.78, 5) is 12.3. The topological polar surface area (TPSA) is 38.3 Å². The van der Waals surface area contributed by atoms with Crippen molar-refractivity contribution in [2.45, 2.75) is 46.1 Å². The standard InChI is InChI=1S/C18H27NO2/c1-5-6-7-12-19-15(4)18(20)16-8-10-17(11-9-16)21-13-14(2)3/h8-11,15,19H,2,5-7,12-13H2,1,3-4H3. The van der Waals surface area contributed by atoms with E-state index < -0.39 is 0 Å². The zero-order chi connectivity index (χ0) is 15.7. The fourth-order valence-electron chi connectivity index (χ4n) is 1.96. The lowest BCUT2D eigenvalue weighted by Gasteiger charge is -2.13. The van der Waals surface area contributed by atoms with E-state index in [0.717, 1.165) is 24.3 Å². The van der Waals surface area contributed by atoms with E-state index in [1.807, 2.05) is 38.1 Å². The third-order valence-corrected chi connectivity index (χ3v) is 3.25. The molecule has 0 aliphatic carbocycles. The van der Waals surface area contributed by atoms with Crippen molar-refractivity contribution in [2.75, 3.05) is 13.2 Å². The molecule has 1 unspecified atom stereocenters. The molecule has 0 spiro atoms. The molecule has 0 bridgehead atoms. The number of ether oxygens (including phenoxy) is 1. The van der Waals surface area contributed by atoms with Crippen LogP contribution in [0, 0.1) is 0 Å². The van der Waals surface area contributed by atoms with Gasteiger partial charge in [-0.15, -0.1) is 0 Å². The van der Waals surface area contributed by atoms with Crippen molar-refractivity contribution in [3.63, 3.8) is 0 Å². The number of carbonyl (C=O) groups excluding carboxylic acids is 1. The van der Waals surface area contributed by atoms with Crippen LogP contribution in [0.4, 0.5) is 0 Å². The van der Waals surface area contributed by atoms with Crippen molar-refractivity contribution in [1.82, 2.24) is 5.32 Å². The van der Waals surface area contributed by atoms with Crippen LogP contribution in [0.25, 0.3) is 0 Å². The molecule has 0 heterocycles. The third kappa shape index (κ3) is 6.58. The fraction of sp³-hybridized carbons (Fsp3) is 0.500. The highest BCUT2D eigenvalue weighted by molar-refractivity contribution is 5.99. The second-order valence-corrected chi connectivity index (χ2v) is 5.52. The van der Waals surface area contributed by atoms with Crippen LogP contribution in [0.3, 0.4) is 0 Å². The Morgan fingerprint density at radius 1 is 1.29 bits per heavy atom. The minimum atomic E-state index is -0.149. The molecule has 0 amide bonds. The number of rotatable bonds is 10. The summed E-state index contributed by atoms with van der Waals surface area (Å²) in [5.41, 5.74) is 1.69. The molecule has 3 heteroatoms. The summed E-state index contributed by atoms with van der Waals surface area (Å²) in [6, 6.07) is 7.16. The van der Waals surface area contributed by atoms with Crippen LogP contribution in [0.1, 0.15) is 50.4 Å². The van der Waals surface area contributed by atoms with Gasteiger partial charge in [0.05, 0.1) is 6.04 Å². The van der Waals surface area contributed by atoms with Crippen LogP contribution in [-0.4, -0.2) is 25.0 Å². The molecule has 0 saturated heterocycles. The summed E-state index contributed by atoms with van der Waals surface area (Å²) in [6.07, 6.45) is 3.50. The Hall–Kier alpha value is -1.61. The normalized spacial score (nSPS) is 12.0. The highest BCUT2D eigenvalue weighted by Crippen LogP contribution is 2.14. The molecule has 21 heavy (non-hydrogen) atoms. The first-order valence-electron chi connectivity index (χ1n) is 7.69. The zero-order valence-corrected chi connectivity index (χ0v) is 13.4. The van der Waals surface area contributed by atoms with Gasteiger partial charge >= 0.3 is 0 Å². The SMILES string of the molecule is C=C(C)COc1ccc(C(=O)C(C)NCCCCC)cc1. The summed E-state index contributed by atoms with van der Waals surface area (Å²) in [5.74, 6) is 0.885. The summed E-state index contributed by atoms with van der Waals surface area (Å²) in [5, 5.41) is 3.28. The first-order valence-corrected chi connectivity index (χ1v) is 7.69. The molecule has 0 aromatic heterocycles. The Balaban J connectivity index is 2.48. The van der Waals surface area contributed by atoms with E-state index in [0.29, 0.717) is 12.2 Å². The van der Waals surface area contributed by atoms with Crippen molar-refractivity contribution in [1.29, 1.82) is 0 Å². The minimum absolute atomic E-state index is 0.123. The zero-order valence-electron chi connectivity index (χ0n) is 13.4. The van der Waals surface area contributed by atoms with Gasteiger partial charge in [-0.25, -0.2) is 0 Å². The molecule has 1 aromatic carbocycles. The van der Waals surface area contributed by atoms with E-state index in [9.17, 15) is 4.79 Å². The second kappa shape index (κ2) is 9.35. The molecule has 3 nitrogen and oxygen atoms in total. The Bertz CT molecular complexity index is 451. The molecule has 0 aliphatic heterocycles. The van der Waals surface area contributed by atoms with Gasteiger partial charge < -0.3 is 10.1 Å². The third-order valence-electron chi connectivity index (χ3n) is 3.25. The van der Waals surface area contributed by atoms with Gasteiger partial charge in [0.2, 0.25) is 0 Å². The number of hydrogen-bond donors (Lipinski definition) is 1. The van der Waals surface area contributed by atoms with Gasteiger partial charge in [0.1, 0.15) is 12.4 Å². The molecule has 1 N–H and O–H groups in total.